The molecule has 0 amide bonds. The van der Waals surface area contributed by atoms with Gasteiger partial charge in [-0.25, -0.2) is 22.9 Å². The summed E-state index contributed by atoms with van der Waals surface area (Å²) in [6.45, 7) is 0.473. The van der Waals surface area contributed by atoms with E-state index in [0.717, 1.165) is 11.3 Å². The van der Waals surface area contributed by atoms with E-state index in [4.69, 9.17) is 5.11 Å². The van der Waals surface area contributed by atoms with Crippen molar-refractivity contribution in [3.63, 3.8) is 0 Å². The van der Waals surface area contributed by atoms with Gasteiger partial charge >= 0.3 is 5.97 Å². The number of thiophene rings is 1. The lowest BCUT2D eigenvalue weighted by Gasteiger charge is -2.04. The van der Waals surface area contributed by atoms with E-state index in [1.54, 1.807) is 11.4 Å². The Balaban J connectivity index is 1.91. The molecule has 19 heavy (non-hydrogen) atoms. The summed E-state index contributed by atoms with van der Waals surface area (Å²) in [5.74, 6) is -1.11. The highest BCUT2D eigenvalue weighted by molar-refractivity contribution is 7.91. The Morgan fingerprint density at radius 3 is 2.89 bits per heavy atom. The lowest BCUT2D eigenvalue weighted by Crippen LogP contribution is -2.26. The smallest absolute Gasteiger partial charge is 0.356 e. The van der Waals surface area contributed by atoms with Gasteiger partial charge in [-0.1, -0.05) is 6.07 Å². The number of carbonyl (C=O) groups is 1. The molecule has 0 fully saturated rings. The van der Waals surface area contributed by atoms with Crippen molar-refractivity contribution in [1.82, 2.24) is 14.3 Å². The van der Waals surface area contributed by atoms with Gasteiger partial charge in [0.05, 0.1) is 6.33 Å². The molecular formula is C10H11N3O4S2. The molecule has 102 valence electrons. The highest BCUT2D eigenvalue weighted by atomic mass is 32.2. The maximum absolute atomic E-state index is 11.8. The molecule has 0 spiro atoms. The monoisotopic (exact) mass is 301 g/mol. The van der Waals surface area contributed by atoms with Gasteiger partial charge in [-0.2, -0.15) is 0 Å². The van der Waals surface area contributed by atoms with Crippen molar-refractivity contribution >= 4 is 27.3 Å². The predicted molar refractivity (Wildman–Crippen MR) is 68.7 cm³/mol. The van der Waals surface area contributed by atoms with Crippen LogP contribution in [0.1, 0.15) is 10.5 Å². The topological polar surface area (TPSA) is 101 Å². The summed E-state index contributed by atoms with van der Waals surface area (Å²) >= 11 is 1.14. The standard InChI is InChI=1S/C10H11N3O4S2/c14-10(15)8-6-13(7-11-8)4-3-12-19(16,17)9-2-1-5-18-9/h1-2,5-7,12H,3-4H2,(H,14,15). The van der Waals surface area contributed by atoms with Crippen LogP contribution in [0.25, 0.3) is 0 Å². The van der Waals surface area contributed by atoms with Crippen LogP contribution < -0.4 is 4.72 Å². The average Bonchev–Trinajstić information content (AvgIpc) is 3.00. The van der Waals surface area contributed by atoms with E-state index < -0.39 is 16.0 Å². The third-order valence-corrected chi connectivity index (χ3v) is 5.13. The summed E-state index contributed by atoms with van der Waals surface area (Å²) in [7, 11) is -3.48. The van der Waals surface area contributed by atoms with Gasteiger partial charge in [0.2, 0.25) is 10.0 Å². The molecule has 2 aromatic rings. The minimum absolute atomic E-state index is 0.0684. The third kappa shape index (κ3) is 3.40. The molecule has 0 unspecified atom stereocenters. The van der Waals surface area contributed by atoms with E-state index in [0.29, 0.717) is 6.54 Å². The van der Waals surface area contributed by atoms with Gasteiger partial charge in [-0.05, 0) is 11.4 Å². The molecule has 0 bridgehead atoms. The number of imidazole rings is 1. The van der Waals surface area contributed by atoms with Crippen LogP contribution in [0.2, 0.25) is 0 Å². The molecule has 2 aromatic heterocycles. The number of carboxylic acid groups (broad SMARTS) is 1. The van der Waals surface area contributed by atoms with Crippen molar-refractivity contribution in [2.24, 2.45) is 0 Å². The first-order chi connectivity index (χ1) is 8.99. The molecule has 0 aromatic carbocycles. The SMILES string of the molecule is O=C(O)c1cn(CCNS(=O)(=O)c2cccs2)cn1. The number of rotatable bonds is 6. The molecule has 7 nitrogen and oxygen atoms in total. The highest BCUT2D eigenvalue weighted by Gasteiger charge is 2.14. The first kappa shape index (κ1) is 13.7. The molecule has 0 saturated carbocycles. The molecule has 2 heterocycles. The van der Waals surface area contributed by atoms with E-state index in [-0.39, 0.29) is 16.4 Å². The first-order valence-corrected chi connectivity index (χ1v) is 7.63. The van der Waals surface area contributed by atoms with Gasteiger partial charge in [0, 0.05) is 19.3 Å². The predicted octanol–water partition coefficient (Wildman–Crippen LogP) is 0.621. The molecule has 0 aliphatic heterocycles. The largest absolute Gasteiger partial charge is 0.476 e. The number of nitrogens with zero attached hydrogens (tertiary/aromatic N) is 2. The van der Waals surface area contributed by atoms with E-state index in [9.17, 15) is 13.2 Å². The summed E-state index contributed by atoms with van der Waals surface area (Å²) in [5.41, 5.74) is -0.0684. The zero-order valence-corrected chi connectivity index (χ0v) is 11.3. The van der Waals surface area contributed by atoms with Crippen LogP contribution in [-0.4, -0.2) is 35.6 Å². The number of hydrogen-bond acceptors (Lipinski definition) is 5. The second-order valence-corrected chi connectivity index (χ2v) is 6.57. The minimum Gasteiger partial charge on any atom is -0.476 e. The average molecular weight is 301 g/mol. The van der Waals surface area contributed by atoms with Crippen molar-refractivity contribution in [3.05, 3.63) is 35.7 Å². The highest BCUT2D eigenvalue weighted by Crippen LogP contribution is 2.14. The van der Waals surface area contributed by atoms with Gasteiger partial charge < -0.3 is 9.67 Å². The Kier molecular flexibility index (Phi) is 3.98. The summed E-state index contributed by atoms with van der Waals surface area (Å²) in [6.07, 6.45) is 2.70. The summed E-state index contributed by atoms with van der Waals surface area (Å²) < 4.78 is 27.8. The number of aromatic carboxylic acids is 1. The van der Waals surface area contributed by atoms with Gasteiger partial charge in [0.25, 0.3) is 0 Å². The number of carboxylic acids is 1. The van der Waals surface area contributed by atoms with E-state index in [1.165, 1.54) is 23.2 Å². The normalized spacial score (nSPS) is 11.6. The van der Waals surface area contributed by atoms with E-state index >= 15 is 0 Å². The second-order valence-electron chi connectivity index (χ2n) is 3.63. The second kappa shape index (κ2) is 5.51. The van der Waals surface area contributed by atoms with Crippen LogP contribution in [0.5, 0.6) is 0 Å². The Hall–Kier alpha value is -1.71. The lowest BCUT2D eigenvalue weighted by molar-refractivity contribution is 0.0691. The van der Waals surface area contributed by atoms with Gasteiger partial charge in [-0.3, -0.25) is 0 Å². The van der Waals surface area contributed by atoms with Gasteiger partial charge in [0.15, 0.2) is 5.69 Å². The quantitative estimate of drug-likeness (QED) is 0.814. The summed E-state index contributed by atoms with van der Waals surface area (Å²) in [4.78, 5) is 14.3. The van der Waals surface area contributed by atoms with Crippen LogP contribution in [-0.2, 0) is 16.6 Å². The first-order valence-electron chi connectivity index (χ1n) is 5.27. The van der Waals surface area contributed by atoms with Crippen LogP contribution >= 0.6 is 11.3 Å². The Morgan fingerprint density at radius 1 is 1.53 bits per heavy atom. The van der Waals surface area contributed by atoms with Crippen molar-refractivity contribution in [3.8, 4) is 0 Å². The fourth-order valence-corrected chi connectivity index (χ4v) is 3.45. The van der Waals surface area contributed by atoms with Crippen LogP contribution in [0, 0.1) is 0 Å². The van der Waals surface area contributed by atoms with Crippen LogP contribution in [0.4, 0.5) is 0 Å². The fraction of sp³-hybridized carbons (Fsp3) is 0.200. The summed E-state index contributed by atoms with van der Waals surface area (Å²) in [6, 6.07) is 3.18. The molecule has 0 saturated heterocycles. The van der Waals surface area contributed by atoms with Gasteiger partial charge in [-0.15, -0.1) is 11.3 Å². The fourth-order valence-electron chi connectivity index (χ4n) is 1.39. The number of sulfonamides is 1. The number of aromatic nitrogens is 2. The number of hydrogen-bond donors (Lipinski definition) is 2. The van der Waals surface area contributed by atoms with E-state index in [2.05, 4.69) is 9.71 Å². The van der Waals surface area contributed by atoms with Crippen molar-refractivity contribution in [1.29, 1.82) is 0 Å². The maximum atomic E-state index is 11.8. The van der Waals surface area contributed by atoms with Crippen LogP contribution in [0.15, 0.2) is 34.2 Å². The molecule has 0 radical (unpaired) electrons. The van der Waals surface area contributed by atoms with E-state index in [1.807, 2.05) is 0 Å². The van der Waals surface area contributed by atoms with Crippen molar-refractivity contribution in [2.75, 3.05) is 6.54 Å². The maximum Gasteiger partial charge on any atom is 0.356 e. The third-order valence-electron chi connectivity index (χ3n) is 2.27. The molecule has 0 aliphatic rings. The molecule has 2 rings (SSSR count). The van der Waals surface area contributed by atoms with Crippen molar-refractivity contribution < 1.29 is 18.3 Å². The molecular weight excluding hydrogens is 290 g/mol. The molecule has 0 aliphatic carbocycles. The van der Waals surface area contributed by atoms with Crippen LogP contribution in [0.3, 0.4) is 0 Å². The zero-order valence-electron chi connectivity index (χ0n) is 9.68. The van der Waals surface area contributed by atoms with Crippen molar-refractivity contribution in [2.45, 2.75) is 10.8 Å². The Bertz CT molecular complexity index is 661. The molecule has 2 N–H and O–H groups in total. The number of nitrogens with one attached hydrogen (secondary N) is 1. The molecule has 9 heteroatoms. The Labute approximate surface area is 113 Å². The lowest BCUT2D eigenvalue weighted by atomic mass is 10.5. The molecule has 0 atom stereocenters. The zero-order chi connectivity index (χ0) is 13.9. The summed E-state index contributed by atoms with van der Waals surface area (Å²) in [5, 5.41) is 10.4. The Morgan fingerprint density at radius 2 is 2.32 bits per heavy atom. The minimum atomic E-state index is -3.48. The van der Waals surface area contributed by atoms with Gasteiger partial charge in [0.1, 0.15) is 4.21 Å².